The third-order valence-electron chi connectivity index (χ3n) is 14.0. The lowest BCUT2D eigenvalue weighted by Gasteiger charge is -2.02. The predicted octanol–water partition coefficient (Wildman–Crippen LogP) is 23.7. The molecule has 0 aliphatic rings. The maximum absolute atomic E-state index is 4.94. The number of hydrogen-bond donors (Lipinski definition) is 1. The molecule has 68 heavy (non-hydrogen) atoms. The summed E-state index contributed by atoms with van der Waals surface area (Å²) in [6.45, 7) is 16.4. The highest BCUT2D eigenvalue weighted by Crippen LogP contribution is 2.52. The van der Waals surface area contributed by atoms with Gasteiger partial charge in [-0.1, -0.05) is 157 Å². The zero-order valence-corrected chi connectivity index (χ0v) is 49.4. The van der Waals surface area contributed by atoms with E-state index in [0.717, 1.165) is 10.6 Å². The molecule has 0 nitrogen and oxygen atoms in total. The molecule has 0 aliphatic carbocycles. The van der Waals surface area contributed by atoms with E-state index in [1.165, 1.54) is 231 Å². The molecule has 0 aromatic carbocycles. The van der Waals surface area contributed by atoms with Gasteiger partial charge in [-0.25, -0.2) is 0 Å². The van der Waals surface area contributed by atoms with Gasteiger partial charge in [-0.3, -0.25) is 0 Å². The minimum absolute atomic E-state index is 1.16. The summed E-state index contributed by atoms with van der Waals surface area (Å²) in [7, 11) is 0. The maximum atomic E-state index is 4.94. The second kappa shape index (κ2) is 30.6. The van der Waals surface area contributed by atoms with Crippen molar-refractivity contribution in [3.63, 3.8) is 0 Å². The van der Waals surface area contributed by atoms with Crippen molar-refractivity contribution in [2.45, 2.75) is 245 Å². The van der Waals surface area contributed by atoms with Crippen molar-refractivity contribution in [3.05, 3.63) is 74.7 Å². The highest BCUT2D eigenvalue weighted by Gasteiger charge is 2.24. The second-order valence-corrected chi connectivity index (χ2v) is 27.2. The highest BCUT2D eigenvalue weighted by atomic mass is 32.2. The Labute approximate surface area is 445 Å². The molecule has 0 saturated carbocycles. The Balaban J connectivity index is 1.43. The third kappa shape index (κ3) is 16.3. The van der Waals surface area contributed by atoms with Crippen LogP contribution >= 0.6 is 80.6 Å². The molecular weight excluding hydrogens is 957 g/mol. The molecular formula is C61H88S7. The van der Waals surface area contributed by atoms with Crippen LogP contribution in [0.5, 0.6) is 0 Å². The lowest BCUT2D eigenvalue weighted by atomic mass is 10.0. The van der Waals surface area contributed by atoms with Crippen LogP contribution in [0.1, 0.15) is 234 Å². The van der Waals surface area contributed by atoms with E-state index in [4.69, 9.17) is 12.6 Å². The van der Waals surface area contributed by atoms with Gasteiger partial charge in [-0.05, 0) is 154 Å². The van der Waals surface area contributed by atoms with E-state index in [0.29, 0.717) is 0 Å². The average molecular weight is 1050 g/mol. The van der Waals surface area contributed by atoms with E-state index < -0.39 is 0 Å². The Hall–Kier alpha value is -1.45. The Morgan fingerprint density at radius 2 is 0.515 bits per heavy atom. The van der Waals surface area contributed by atoms with Gasteiger partial charge in [0.15, 0.2) is 0 Å². The maximum Gasteiger partial charge on any atom is 0.0577 e. The minimum Gasteiger partial charge on any atom is -0.139 e. The van der Waals surface area contributed by atoms with Crippen molar-refractivity contribution in [2.75, 3.05) is 0 Å². The van der Waals surface area contributed by atoms with Crippen LogP contribution in [0.15, 0.2) is 40.6 Å². The Morgan fingerprint density at radius 1 is 0.279 bits per heavy atom. The number of hydrogen-bond acceptors (Lipinski definition) is 7. The van der Waals surface area contributed by atoms with Gasteiger partial charge in [-0.15, -0.1) is 80.6 Å². The van der Waals surface area contributed by atoms with Crippen molar-refractivity contribution in [1.82, 2.24) is 0 Å². The lowest BCUT2D eigenvalue weighted by Crippen LogP contribution is -1.87. The summed E-state index contributed by atoms with van der Waals surface area (Å²) in [5.74, 6) is 0. The van der Waals surface area contributed by atoms with Crippen LogP contribution in [0.25, 0.3) is 48.8 Å². The zero-order chi connectivity index (χ0) is 48.1. The van der Waals surface area contributed by atoms with Crippen LogP contribution in [0.2, 0.25) is 0 Å². The fourth-order valence-electron chi connectivity index (χ4n) is 9.88. The normalized spacial score (nSPS) is 11.8. The van der Waals surface area contributed by atoms with Crippen LogP contribution in [-0.2, 0) is 38.5 Å². The van der Waals surface area contributed by atoms with Gasteiger partial charge in [0.1, 0.15) is 0 Å². The van der Waals surface area contributed by atoms with Gasteiger partial charge < -0.3 is 0 Å². The summed E-state index contributed by atoms with van der Waals surface area (Å²) < 4.78 is 1.16. The molecule has 0 amide bonds. The lowest BCUT2D eigenvalue weighted by molar-refractivity contribution is 0.666. The largest absolute Gasteiger partial charge is 0.139 e. The summed E-state index contributed by atoms with van der Waals surface area (Å²) in [5.41, 5.74) is 9.47. The van der Waals surface area contributed by atoms with Crippen LogP contribution in [-0.4, -0.2) is 0 Å². The van der Waals surface area contributed by atoms with Crippen LogP contribution in [0, 0.1) is 6.92 Å². The number of unbranched alkanes of at least 4 members (excludes halogenated alkanes) is 18. The molecule has 0 radical (unpaired) electrons. The molecule has 0 fully saturated rings. The summed E-state index contributed by atoms with van der Waals surface area (Å²) in [4.78, 5) is 16.8. The van der Waals surface area contributed by atoms with Gasteiger partial charge in [-0.2, -0.15) is 0 Å². The van der Waals surface area contributed by atoms with Crippen LogP contribution in [0.4, 0.5) is 0 Å². The predicted molar refractivity (Wildman–Crippen MR) is 320 cm³/mol. The fraction of sp³-hybridized carbons (Fsp3) is 0.607. The Morgan fingerprint density at radius 3 is 0.809 bits per heavy atom. The van der Waals surface area contributed by atoms with Crippen molar-refractivity contribution in [3.8, 4) is 48.8 Å². The summed E-state index contributed by atoms with van der Waals surface area (Å²) in [6, 6.07) is 15.6. The number of thiol groups is 1. The Kier molecular flexibility index (Phi) is 25.1. The van der Waals surface area contributed by atoms with Gasteiger partial charge in [0.25, 0.3) is 0 Å². The molecule has 0 unspecified atom stereocenters. The molecule has 6 rings (SSSR count). The van der Waals surface area contributed by atoms with Gasteiger partial charge in [0, 0.05) is 53.6 Å². The van der Waals surface area contributed by atoms with Crippen LogP contribution in [0.3, 0.4) is 0 Å². The van der Waals surface area contributed by atoms with E-state index in [2.05, 4.69) is 142 Å². The van der Waals surface area contributed by atoms with Gasteiger partial charge in [0.05, 0.1) is 4.21 Å². The first-order valence-electron chi connectivity index (χ1n) is 27.8. The van der Waals surface area contributed by atoms with E-state index in [-0.39, 0.29) is 0 Å². The van der Waals surface area contributed by atoms with Gasteiger partial charge in [0.2, 0.25) is 0 Å². The van der Waals surface area contributed by atoms with Crippen molar-refractivity contribution < 1.29 is 0 Å². The summed E-state index contributed by atoms with van der Waals surface area (Å²) in [5, 5.41) is 0. The molecule has 0 bridgehead atoms. The monoisotopic (exact) mass is 1040 g/mol. The molecule has 0 aliphatic heterocycles. The second-order valence-electron chi connectivity index (χ2n) is 19.9. The molecule has 374 valence electrons. The number of thiophene rings is 6. The SMILES string of the molecule is CCCCCCc1cc(-c2sc(-c3sc(-c4sc(-c5sc(-c6sc(S)cc6CCCCCC)cc5CCCCCC)cc4CCCCCC)cc3CCCCCC)cc2CCCCCC)sc1C. The zero-order valence-electron chi connectivity index (χ0n) is 43.6. The molecule has 6 aromatic heterocycles. The Bertz CT molecular complexity index is 2330. The smallest absolute Gasteiger partial charge is 0.0577 e. The van der Waals surface area contributed by atoms with Crippen molar-refractivity contribution in [1.29, 1.82) is 0 Å². The molecule has 0 saturated heterocycles. The number of aryl methyl sites for hydroxylation is 7. The first-order chi connectivity index (χ1) is 33.3. The van der Waals surface area contributed by atoms with Crippen LogP contribution < -0.4 is 0 Å². The van der Waals surface area contributed by atoms with Crippen molar-refractivity contribution >= 4 is 80.6 Å². The summed E-state index contributed by atoms with van der Waals surface area (Å²) >= 11 is 17.4. The first kappa shape index (κ1) is 55.9. The first-order valence-corrected chi connectivity index (χ1v) is 33.1. The van der Waals surface area contributed by atoms with E-state index in [1.807, 2.05) is 11.3 Å². The molecule has 6 heterocycles. The molecule has 0 N–H and O–H groups in total. The third-order valence-corrected chi connectivity index (χ3v) is 22.1. The molecule has 0 spiro atoms. The highest BCUT2D eigenvalue weighted by molar-refractivity contribution is 7.83. The molecule has 0 atom stereocenters. The molecule has 7 heteroatoms. The van der Waals surface area contributed by atoms with E-state index >= 15 is 0 Å². The van der Waals surface area contributed by atoms with Crippen molar-refractivity contribution in [2.24, 2.45) is 0 Å². The average Bonchev–Trinajstić information content (AvgIpc) is 4.21. The standard InChI is InChI=1S/C61H88S7/c1-8-14-20-26-32-45-38-51(63-44(45)7)57-46(33-27-21-15-9-2)39-52(64-57)58-47(34-28-22-16-10-3)40-53(65-58)59-48(35-29-23-17-11-4)41-54(66-59)60-49(36-30-24-18-12-5)42-55(67-60)61-50(43-56(62)68-61)37-31-25-19-13-6/h38-43,62H,8-37H2,1-7H3. The van der Waals surface area contributed by atoms with Gasteiger partial charge >= 0.3 is 0 Å². The molecule has 6 aromatic rings. The number of rotatable bonds is 35. The topological polar surface area (TPSA) is 0 Å². The minimum atomic E-state index is 1.16. The quantitative estimate of drug-likeness (QED) is 0.0298. The fourth-order valence-corrected chi connectivity index (χ4v) is 17.9. The van der Waals surface area contributed by atoms with E-state index in [9.17, 15) is 0 Å². The summed E-state index contributed by atoms with van der Waals surface area (Å²) in [6.07, 6.45) is 38.5. The van der Waals surface area contributed by atoms with E-state index in [1.54, 1.807) is 42.4 Å².